The number of morpholine rings is 1. The van der Waals surface area contributed by atoms with Crippen LogP contribution in [0.25, 0.3) is 11.0 Å². The van der Waals surface area contributed by atoms with Crippen molar-refractivity contribution < 1.29 is 28.3 Å². The lowest BCUT2D eigenvalue weighted by molar-refractivity contribution is -0.130. The van der Waals surface area contributed by atoms with E-state index in [1.54, 1.807) is 24.3 Å². The highest BCUT2D eigenvalue weighted by molar-refractivity contribution is 6.15. The van der Waals surface area contributed by atoms with Crippen molar-refractivity contribution in [3.63, 3.8) is 0 Å². The molecule has 166 valence electrons. The first kappa shape index (κ1) is 20.5. The highest BCUT2D eigenvalue weighted by atomic mass is 16.5. The number of furan rings is 2. The van der Waals surface area contributed by atoms with Crippen LogP contribution in [0.4, 0.5) is 0 Å². The minimum absolute atomic E-state index is 0.0253. The fourth-order valence-corrected chi connectivity index (χ4v) is 4.34. The lowest BCUT2D eigenvalue weighted by Crippen LogP contribution is -2.43. The molecule has 1 amide bonds. The molecule has 1 fully saturated rings. The highest BCUT2D eigenvalue weighted by Gasteiger charge is 2.45. The van der Waals surface area contributed by atoms with Gasteiger partial charge in [-0.15, -0.1) is 0 Å². The normalized spacial score (nSPS) is 20.0. The minimum Gasteiger partial charge on any atom is -0.503 e. The average molecular weight is 436 g/mol. The zero-order valence-corrected chi connectivity index (χ0v) is 17.7. The van der Waals surface area contributed by atoms with Gasteiger partial charge in [-0.3, -0.25) is 14.5 Å². The van der Waals surface area contributed by atoms with Crippen molar-refractivity contribution in [3.8, 4) is 0 Å². The molecule has 2 aliphatic heterocycles. The molecule has 0 radical (unpaired) electrons. The molecule has 0 aliphatic carbocycles. The highest BCUT2D eigenvalue weighted by Crippen LogP contribution is 2.39. The van der Waals surface area contributed by atoms with Gasteiger partial charge < -0.3 is 23.6 Å². The van der Waals surface area contributed by atoms with Crippen LogP contribution in [-0.4, -0.2) is 66.0 Å². The number of aliphatic hydroxyl groups is 1. The number of ketones is 1. The Balaban J connectivity index is 1.47. The Morgan fingerprint density at radius 2 is 1.97 bits per heavy atom. The van der Waals surface area contributed by atoms with Gasteiger partial charge in [-0.25, -0.2) is 0 Å². The van der Waals surface area contributed by atoms with Gasteiger partial charge in [-0.1, -0.05) is 11.6 Å². The summed E-state index contributed by atoms with van der Waals surface area (Å²) in [6.07, 6.45) is 1.49. The summed E-state index contributed by atoms with van der Waals surface area (Å²) in [5.74, 6) is -1.18. The Labute approximate surface area is 184 Å². The van der Waals surface area contributed by atoms with Crippen LogP contribution in [0.15, 0.2) is 62.8 Å². The van der Waals surface area contributed by atoms with Gasteiger partial charge in [0, 0.05) is 31.6 Å². The molecule has 2 aliphatic rings. The van der Waals surface area contributed by atoms with E-state index in [1.165, 1.54) is 11.2 Å². The molecule has 0 spiro atoms. The van der Waals surface area contributed by atoms with E-state index in [0.717, 1.165) is 24.0 Å². The van der Waals surface area contributed by atoms with E-state index in [-0.39, 0.29) is 11.3 Å². The van der Waals surface area contributed by atoms with Gasteiger partial charge in [0.1, 0.15) is 17.4 Å². The molecule has 8 heteroatoms. The van der Waals surface area contributed by atoms with Crippen LogP contribution in [0, 0.1) is 6.92 Å². The van der Waals surface area contributed by atoms with Crippen molar-refractivity contribution in [3.05, 3.63) is 71.1 Å². The summed E-state index contributed by atoms with van der Waals surface area (Å²) in [6, 6.07) is 9.84. The number of carbonyl (C=O) groups excluding carboxylic acids is 2. The summed E-state index contributed by atoms with van der Waals surface area (Å²) in [7, 11) is 0. The fourth-order valence-electron chi connectivity index (χ4n) is 4.34. The number of nitrogens with zero attached hydrogens (tertiary/aromatic N) is 2. The van der Waals surface area contributed by atoms with Crippen LogP contribution < -0.4 is 0 Å². The monoisotopic (exact) mass is 436 g/mol. The first-order valence-corrected chi connectivity index (χ1v) is 10.7. The second-order valence-electron chi connectivity index (χ2n) is 8.11. The molecular formula is C24H24N2O6. The van der Waals surface area contributed by atoms with Crippen LogP contribution in [0.5, 0.6) is 0 Å². The number of carbonyl (C=O) groups is 2. The maximum Gasteiger partial charge on any atom is 0.290 e. The number of aliphatic hydroxyl groups excluding tert-OH is 1. The predicted molar refractivity (Wildman–Crippen MR) is 115 cm³/mol. The molecule has 1 atom stereocenters. The van der Waals surface area contributed by atoms with Gasteiger partial charge >= 0.3 is 0 Å². The molecule has 5 rings (SSSR count). The van der Waals surface area contributed by atoms with E-state index in [2.05, 4.69) is 4.90 Å². The van der Waals surface area contributed by atoms with Crippen molar-refractivity contribution >= 4 is 22.7 Å². The first-order valence-electron chi connectivity index (χ1n) is 10.7. The van der Waals surface area contributed by atoms with E-state index in [0.29, 0.717) is 37.6 Å². The number of amides is 1. The predicted octanol–water partition coefficient (Wildman–Crippen LogP) is 3.24. The smallest absolute Gasteiger partial charge is 0.290 e. The Kier molecular flexibility index (Phi) is 5.32. The largest absolute Gasteiger partial charge is 0.503 e. The van der Waals surface area contributed by atoms with Crippen molar-refractivity contribution in [2.45, 2.75) is 13.0 Å². The third-order valence-corrected chi connectivity index (χ3v) is 6.02. The van der Waals surface area contributed by atoms with Crippen molar-refractivity contribution in [1.29, 1.82) is 0 Å². The summed E-state index contributed by atoms with van der Waals surface area (Å²) in [5.41, 5.74) is 1.59. The Hall–Kier alpha value is -3.36. The molecule has 3 aromatic rings. The Morgan fingerprint density at radius 1 is 1.16 bits per heavy atom. The molecule has 32 heavy (non-hydrogen) atoms. The summed E-state index contributed by atoms with van der Waals surface area (Å²) in [6.45, 7) is 5.74. The Bertz CT molecular complexity index is 1190. The molecule has 8 nitrogen and oxygen atoms in total. The molecular weight excluding hydrogens is 412 g/mol. The molecule has 1 aromatic carbocycles. The van der Waals surface area contributed by atoms with Gasteiger partial charge in [-0.2, -0.15) is 0 Å². The van der Waals surface area contributed by atoms with Gasteiger partial charge in [0.05, 0.1) is 25.1 Å². The van der Waals surface area contributed by atoms with Crippen LogP contribution in [0.3, 0.4) is 0 Å². The third kappa shape index (κ3) is 3.61. The number of ether oxygens (including phenoxy) is 1. The molecule has 0 bridgehead atoms. The number of benzene rings is 1. The molecule has 4 heterocycles. The minimum atomic E-state index is -0.819. The Morgan fingerprint density at radius 3 is 2.72 bits per heavy atom. The quantitative estimate of drug-likeness (QED) is 0.593. The molecule has 2 aromatic heterocycles. The van der Waals surface area contributed by atoms with E-state index < -0.39 is 23.5 Å². The third-order valence-electron chi connectivity index (χ3n) is 6.02. The summed E-state index contributed by atoms with van der Waals surface area (Å²) < 4.78 is 16.7. The number of Topliss-reactive ketones (excluding diaryl/α,β-unsaturated/α-hetero) is 1. The van der Waals surface area contributed by atoms with Gasteiger partial charge in [0.15, 0.2) is 11.5 Å². The average Bonchev–Trinajstić information content (AvgIpc) is 3.52. The number of hydrogen-bond acceptors (Lipinski definition) is 7. The lowest BCUT2D eigenvalue weighted by atomic mass is 9.99. The van der Waals surface area contributed by atoms with Crippen LogP contribution in [-0.2, 0) is 9.53 Å². The molecule has 1 N–H and O–H groups in total. The van der Waals surface area contributed by atoms with Crippen molar-refractivity contribution in [2.75, 3.05) is 39.4 Å². The van der Waals surface area contributed by atoms with Gasteiger partial charge in [-0.05, 0) is 37.3 Å². The fraction of sp³-hybridized carbons (Fsp3) is 0.333. The second-order valence-corrected chi connectivity index (χ2v) is 8.11. The standard InChI is InChI=1S/C24H24N2O6/c1-15-4-5-17-16(13-15)14-19(32-17)22(27)20-21(18-3-2-10-31-18)26(24(29)23(20)28)7-6-25-8-11-30-12-9-25/h2-5,10,13-14,21,28H,6-9,11-12H2,1H3. The number of aryl methyl sites for hydroxylation is 1. The van der Waals surface area contributed by atoms with Crippen LogP contribution >= 0.6 is 0 Å². The van der Waals surface area contributed by atoms with Crippen LogP contribution in [0.1, 0.15) is 27.9 Å². The van der Waals surface area contributed by atoms with E-state index >= 15 is 0 Å². The molecule has 1 saturated heterocycles. The summed E-state index contributed by atoms with van der Waals surface area (Å²) >= 11 is 0. The number of hydrogen-bond donors (Lipinski definition) is 1. The molecule has 0 saturated carbocycles. The maximum atomic E-state index is 13.5. The maximum absolute atomic E-state index is 13.5. The van der Waals surface area contributed by atoms with Gasteiger partial charge in [0.25, 0.3) is 5.91 Å². The first-order chi connectivity index (χ1) is 15.5. The zero-order valence-electron chi connectivity index (χ0n) is 17.7. The van der Waals surface area contributed by atoms with E-state index in [9.17, 15) is 14.7 Å². The van der Waals surface area contributed by atoms with Crippen molar-refractivity contribution in [1.82, 2.24) is 9.80 Å². The zero-order chi connectivity index (χ0) is 22.2. The second kappa shape index (κ2) is 8.29. The lowest BCUT2D eigenvalue weighted by Gasteiger charge is -2.30. The molecule has 1 unspecified atom stereocenters. The summed E-state index contributed by atoms with van der Waals surface area (Å²) in [5, 5.41) is 11.5. The topological polar surface area (TPSA) is 96.4 Å². The van der Waals surface area contributed by atoms with Crippen molar-refractivity contribution in [2.24, 2.45) is 0 Å². The number of rotatable bonds is 6. The van der Waals surface area contributed by atoms with Crippen LogP contribution in [0.2, 0.25) is 0 Å². The number of fused-ring (bicyclic) bond motifs is 1. The van der Waals surface area contributed by atoms with E-state index in [1.807, 2.05) is 19.1 Å². The SMILES string of the molecule is Cc1ccc2oc(C(=O)C3=C(O)C(=O)N(CCN4CCOCC4)C3c3ccco3)cc2c1. The summed E-state index contributed by atoms with van der Waals surface area (Å²) in [4.78, 5) is 30.1. The van der Waals surface area contributed by atoms with E-state index in [4.69, 9.17) is 13.6 Å². The van der Waals surface area contributed by atoms with Gasteiger partial charge in [0.2, 0.25) is 5.78 Å².